The molecule has 0 fully saturated rings. The summed E-state index contributed by atoms with van der Waals surface area (Å²) in [5.74, 6) is -0.166. The number of hydrogen-bond acceptors (Lipinski definition) is 4. The zero-order chi connectivity index (χ0) is 14.3. The molecular formula is C13H9ClN2O3S. The smallest absolute Gasteiger partial charge is 0.271 e. The fraction of sp³-hybridized carbons (Fsp3) is 0.154. The highest BCUT2D eigenvalue weighted by Gasteiger charge is 2.28. The summed E-state index contributed by atoms with van der Waals surface area (Å²) in [6.45, 7) is 0.533. The van der Waals surface area contributed by atoms with Crippen LogP contribution >= 0.6 is 22.9 Å². The van der Waals surface area contributed by atoms with E-state index < -0.39 is 4.92 Å². The minimum atomic E-state index is -0.455. The molecule has 0 bridgehead atoms. The van der Waals surface area contributed by atoms with Crippen LogP contribution < -0.4 is 4.90 Å². The molecule has 2 aromatic rings. The molecule has 5 nitrogen and oxygen atoms in total. The van der Waals surface area contributed by atoms with Crippen LogP contribution in [0.25, 0.3) is 0 Å². The van der Waals surface area contributed by atoms with Crippen molar-refractivity contribution in [2.75, 3.05) is 11.4 Å². The first kappa shape index (κ1) is 13.1. The van der Waals surface area contributed by atoms with E-state index in [1.807, 2.05) is 0 Å². The molecule has 0 radical (unpaired) electrons. The van der Waals surface area contributed by atoms with Gasteiger partial charge >= 0.3 is 0 Å². The van der Waals surface area contributed by atoms with Gasteiger partial charge in [0.2, 0.25) is 0 Å². The van der Waals surface area contributed by atoms with Gasteiger partial charge in [-0.3, -0.25) is 14.9 Å². The van der Waals surface area contributed by atoms with E-state index in [-0.39, 0.29) is 11.6 Å². The van der Waals surface area contributed by atoms with Crippen LogP contribution in [-0.4, -0.2) is 17.4 Å². The average Bonchev–Trinajstić information content (AvgIpc) is 3.03. The first-order valence-corrected chi connectivity index (χ1v) is 7.10. The number of halogens is 1. The van der Waals surface area contributed by atoms with E-state index in [1.165, 1.54) is 23.5 Å². The lowest BCUT2D eigenvalue weighted by molar-refractivity contribution is -0.384. The molecule has 2 heterocycles. The summed E-state index contributed by atoms with van der Waals surface area (Å²) in [7, 11) is 0. The van der Waals surface area contributed by atoms with Crippen LogP contribution in [0.15, 0.2) is 30.3 Å². The number of rotatable bonds is 2. The Kier molecular flexibility index (Phi) is 3.19. The molecule has 1 aromatic carbocycles. The molecule has 1 aliphatic heterocycles. The fourth-order valence-corrected chi connectivity index (χ4v) is 3.25. The van der Waals surface area contributed by atoms with E-state index >= 15 is 0 Å². The van der Waals surface area contributed by atoms with Crippen molar-refractivity contribution in [2.45, 2.75) is 6.42 Å². The third-order valence-electron chi connectivity index (χ3n) is 3.20. The van der Waals surface area contributed by atoms with Crippen LogP contribution in [0, 0.1) is 10.1 Å². The van der Waals surface area contributed by atoms with Gasteiger partial charge in [0.1, 0.15) is 0 Å². The quantitative estimate of drug-likeness (QED) is 0.630. The Labute approximate surface area is 123 Å². The molecule has 102 valence electrons. The average molecular weight is 309 g/mol. The maximum absolute atomic E-state index is 12.4. The number of amides is 1. The summed E-state index contributed by atoms with van der Waals surface area (Å²) in [4.78, 5) is 24.9. The topological polar surface area (TPSA) is 63.5 Å². The lowest BCUT2D eigenvalue weighted by Gasteiger charge is -2.15. The molecule has 0 atom stereocenters. The Balaban J connectivity index is 1.97. The predicted octanol–water partition coefficient (Wildman–Crippen LogP) is 3.51. The van der Waals surface area contributed by atoms with E-state index in [4.69, 9.17) is 11.6 Å². The monoisotopic (exact) mass is 308 g/mol. The zero-order valence-electron chi connectivity index (χ0n) is 10.2. The van der Waals surface area contributed by atoms with Crippen molar-refractivity contribution in [3.63, 3.8) is 0 Å². The van der Waals surface area contributed by atoms with Gasteiger partial charge < -0.3 is 4.90 Å². The SMILES string of the molecule is O=C(c1ccc(Cl)s1)N1CCc2ccc([N+](=O)[O-])cc21. The highest BCUT2D eigenvalue weighted by Crippen LogP contribution is 2.34. The number of carbonyl (C=O) groups excluding carboxylic acids is 1. The Bertz CT molecular complexity index is 713. The molecule has 1 amide bonds. The van der Waals surface area contributed by atoms with Crippen LogP contribution in [0.4, 0.5) is 11.4 Å². The van der Waals surface area contributed by atoms with Crippen LogP contribution in [-0.2, 0) is 6.42 Å². The van der Waals surface area contributed by atoms with Crippen molar-refractivity contribution in [1.29, 1.82) is 0 Å². The molecular weight excluding hydrogens is 300 g/mol. The van der Waals surface area contributed by atoms with E-state index in [0.29, 0.717) is 27.9 Å². The Hall–Kier alpha value is -1.92. The second kappa shape index (κ2) is 4.88. The zero-order valence-corrected chi connectivity index (χ0v) is 11.8. The van der Waals surface area contributed by atoms with E-state index in [1.54, 1.807) is 23.1 Å². The highest BCUT2D eigenvalue weighted by atomic mass is 35.5. The summed E-state index contributed by atoms with van der Waals surface area (Å²) in [6, 6.07) is 7.97. The molecule has 0 unspecified atom stereocenters. The fourth-order valence-electron chi connectivity index (χ4n) is 2.25. The van der Waals surface area contributed by atoms with Gasteiger partial charge in [-0.1, -0.05) is 17.7 Å². The number of nitro groups is 1. The van der Waals surface area contributed by atoms with Gasteiger partial charge in [0.15, 0.2) is 0 Å². The summed E-state index contributed by atoms with van der Waals surface area (Å²) >= 11 is 7.04. The first-order chi connectivity index (χ1) is 9.56. The summed E-state index contributed by atoms with van der Waals surface area (Å²) in [6.07, 6.45) is 0.707. The van der Waals surface area contributed by atoms with Gasteiger partial charge in [-0.2, -0.15) is 0 Å². The van der Waals surface area contributed by atoms with Crippen LogP contribution in [0.2, 0.25) is 4.34 Å². The molecule has 20 heavy (non-hydrogen) atoms. The molecule has 7 heteroatoms. The van der Waals surface area contributed by atoms with Crippen molar-refractivity contribution in [2.24, 2.45) is 0 Å². The van der Waals surface area contributed by atoms with Crippen LogP contribution in [0.3, 0.4) is 0 Å². The first-order valence-electron chi connectivity index (χ1n) is 5.91. The molecule has 0 saturated carbocycles. The summed E-state index contributed by atoms with van der Waals surface area (Å²) in [5, 5.41) is 10.8. The second-order valence-corrected chi connectivity index (χ2v) is 6.10. The van der Waals surface area contributed by atoms with E-state index in [9.17, 15) is 14.9 Å². The van der Waals surface area contributed by atoms with Crippen LogP contribution in [0.1, 0.15) is 15.2 Å². The highest BCUT2D eigenvalue weighted by molar-refractivity contribution is 7.18. The summed E-state index contributed by atoms with van der Waals surface area (Å²) in [5.41, 5.74) is 1.56. The standard InChI is InChI=1S/C13H9ClN2O3S/c14-12-4-3-11(20-12)13(17)15-6-5-8-1-2-9(16(18)19)7-10(8)15/h1-4,7H,5-6H2. The van der Waals surface area contributed by atoms with Crippen molar-refractivity contribution in [3.05, 3.63) is 55.2 Å². The largest absolute Gasteiger partial charge is 0.307 e. The minimum Gasteiger partial charge on any atom is -0.307 e. The third-order valence-corrected chi connectivity index (χ3v) is 4.42. The number of anilines is 1. The summed E-state index contributed by atoms with van der Waals surface area (Å²) < 4.78 is 0.548. The normalized spacial score (nSPS) is 13.3. The molecule has 0 aliphatic carbocycles. The molecule has 0 N–H and O–H groups in total. The molecule has 3 rings (SSSR count). The molecule has 1 aliphatic rings. The van der Waals surface area contributed by atoms with Gasteiger partial charge in [0.25, 0.3) is 11.6 Å². The Morgan fingerprint density at radius 2 is 2.15 bits per heavy atom. The number of nitrogens with zero attached hydrogens (tertiary/aromatic N) is 2. The molecule has 0 saturated heterocycles. The Morgan fingerprint density at radius 3 is 2.80 bits per heavy atom. The second-order valence-electron chi connectivity index (χ2n) is 4.38. The lowest BCUT2D eigenvalue weighted by Crippen LogP contribution is -2.28. The van der Waals surface area contributed by atoms with Gasteiger partial charge in [-0.25, -0.2) is 0 Å². The number of non-ortho nitro benzene ring substituents is 1. The van der Waals surface area contributed by atoms with Gasteiger partial charge in [0.05, 0.1) is 19.8 Å². The third kappa shape index (κ3) is 2.17. The molecule has 0 spiro atoms. The van der Waals surface area contributed by atoms with Gasteiger partial charge in [-0.05, 0) is 24.1 Å². The van der Waals surface area contributed by atoms with Crippen molar-refractivity contribution >= 4 is 40.2 Å². The number of nitro benzene ring substituents is 1. The van der Waals surface area contributed by atoms with E-state index in [0.717, 1.165) is 5.56 Å². The number of hydrogen-bond donors (Lipinski definition) is 0. The van der Waals surface area contributed by atoms with Crippen molar-refractivity contribution < 1.29 is 9.72 Å². The van der Waals surface area contributed by atoms with Crippen LogP contribution in [0.5, 0.6) is 0 Å². The Morgan fingerprint density at radius 1 is 1.35 bits per heavy atom. The maximum Gasteiger partial charge on any atom is 0.271 e. The number of carbonyl (C=O) groups is 1. The predicted molar refractivity (Wildman–Crippen MR) is 77.8 cm³/mol. The maximum atomic E-state index is 12.4. The number of benzene rings is 1. The van der Waals surface area contributed by atoms with Gasteiger partial charge in [-0.15, -0.1) is 11.3 Å². The van der Waals surface area contributed by atoms with Gasteiger partial charge in [0, 0.05) is 18.7 Å². The number of thiophene rings is 1. The lowest BCUT2D eigenvalue weighted by atomic mass is 10.1. The van der Waals surface area contributed by atoms with Crippen molar-refractivity contribution in [3.8, 4) is 0 Å². The minimum absolute atomic E-state index is 0.00679. The molecule has 1 aromatic heterocycles. The van der Waals surface area contributed by atoms with E-state index in [2.05, 4.69) is 0 Å². The van der Waals surface area contributed by atoms with Crippen molar-refractivity contribution in [1.82, 2.24) is 0 Å². The number of fused-ring (bicyclic) bond motifs is 1.